The van der Waals surface area contributed by atoms with Crippen LogP contribution in [0.25, 0.3) is 0 Å². The number of aliphatic hydroxyl groups excluding tert-OH is 1. The molecule has 0 aliphatic rings. The smallest absolute Gasteiger partial charge is 0.169 e. The summed E-state index contributed by atoms with van der Waals surface area (Å²) in [6.07, 6.45) is -0.763. The molecule has 1 unspecified atom stereocenters. The number of ether oxygens (including phenoxy) is 1. The van der Waals surface area contributed by atoms with Gasteiger partial charge in [-0.25, -0.2) is 0 Å². The molecule has 0 aliphatic carbocycles. The maximum Gasteiger partial charge on any atom is 0.169 e. The molecule has 3 nitrogen and oxygen atoms in total. The lowest BCUT2D eigenvalue weighted by Gasteiger charge is -2.11. The summed E-state index contributed by atoms with van der Waals surface area (Å²) in [5, 5.41) is 9.85. The first kappa shape index (κ1) is 12.2. The second kappa shape index (κ2) is 5.38. The van der Waals surface area contributed by atoms with Crippen LogP contribution in [0.5, 0.6) is 5.75 Å². The third-order valence-corrected chi connectivity index (χ3v) is 2.84. The standard InChI is InChI=1S/C13H13BrO3/c1-9-4-2-3-5-11(9)16-8-10(15)12-6-7-13(14)17-12/h2-7,10,15H,8H2,1H3. The van der Waals surface area contributed by atoms with Crippen LogP contribution < -0.4 is 4.74 Å². The molecule has 2 rings (SSSR count). The Kier molecular flexibility index (Phi) is 3.86. The van der Waals surface area contributed by atoms with Crippen molar-refractivity contribution in [2.75, 3.05) is 6.61 Å². The van der Waals surface area contributed by atoms with E-state index in [0.29, 0.717) is 10.4 Å². The average Bonchev–Trinajstić information content (AvgIpc) is 2.74. The zero-order valence-electron chi connectivity index (χ0n) is 9.39. The quantitative estimate of drug-likeness (QED) is 0.939. The lowest BCUT2D eigenvalue weighted by atomic mass is 10.2. The van der Waals surface area contributed by atoms with Gasteiger partial charge in [-0.2, -0.15) is 0 Å². The van der Waals surface area contributed by atoms with Gasteiger partial charge in [0.2, 0.25) is 0 Å². The molecule has 0 saturated carbocycles. The highest BCUT2D eigenvalue weighted by Crippen LogP contribution is 2.22. The van der Waals surface area contributed by atoms with Crippen LogP contribution in [-0.2, 0) is 0 Å². The van der Waals surface area contributed by atoms with Crippen molar-refractivity contribution in [1.29, 1.82) is 0 Å². The highest BCUT2D eigenvalue weighted by atomic mass is 79.9. The number of rotatable bonds is 4. The van der Waals surface area contributed by atoms with Crippen molar-refractivity contribution in [2.45, 2.75) is 13.0 Å². The molecule has 90 valence electrons. The van der Waals surface area contributed by atoms with Crippen molar-refractivity contribution in [3.05, 3.63) is 52.4 Å². The number of hydrogen-bond acceptors (Lipinski definition) is 3. The highest BCUT2D eigenvalue weighted by molar-refractivity contribution is 9.10. The third-order valence-electron chi connectivity index (χ3n) is 2.41. The third kappa shape index (κ3) is 3.11. The first-order chi connectivity index (χ1) is 8.16. The predicted molar refractivity (Wildman–Crippen MR) is 68.0 cm³/mol. The van der Waals surface area contributed by atoms with Crippen molar-refractivity contribution in [3.8, 4) is 5.75 Å². The molecule has 2 aromatic rings. The Morgan fingerprint density at radius 3 is 2.71 bits per heavy atom. The largest absolute Gasteiger partial charge is 0.490 e. The summed E-state index contributed by atoms with van der Waals surface area (Å²) < 4.78 is 11.4. The number of aliphatic hydroxyl groups is 1. The van der Waals surface area contributed by atoms with Crippen LogP contribution in [0.4, 0.5) is 0 Å². The highest BCUT2D eigenvalue weighted by Gasteiger charge is 2.13. The number of benzene rings is 1. The molecule has 1 N–H and O–H groups in total. The fourth-order valence-corrected chi connectivity index (χ4v) is 1.80. The van der Waals surface area contributed by atoms with Gasteiger partial charge < -0.3 is 14.3 Å². The average molecular weight is 297 g/mol. The summed E-state index contributed by atoms with van der Waals surface area (Å²) in [6.45, 7) is 2.13. The van der Waals surface area contributed by atoms with E-state index < -0.39 is 6.10 Å². The van der Waals surface area contributed by atoms with E-state index >= 15 is 0 Å². The van der Waals surface area contributed by atoms with Gasteiger partial charge in [-0.15, -0.1) is 0 Å². The van der Waals surface area contributed by atoms with E-state index in [4.69, 9.17) is 9.15 Å². The van der Waals surface area contributed by atoms with Gasteiger partial charge in [-0.1, -0.05) is 18.2 Å². The fraction of sp³-hybridized carbons (Fsp3) is 0.231. The molecule has 1 aromatic carbocycles. The van der Waals surface area contributed by atoms with Crippen LogP contribution in [0, 0.1) is 6.92 Å². The second-order valence-electron chi connectivity index (χ2n) is 3.73. The van der Waals surface area contributed by atoms with E-state index in [1.807, 2.05) is 31.2 Å². The second-order valence-corrected chi connectivity index (χ2v) is 4.52. The maximum atomic E-state index is 9.85. The van der Waals surface area contributed by atoms with Crippen LogP contribution in [0.2, 0.25) is 0 Å². The minimum atomic E-state index is -0.763. The Morgan fingerprint density at radius 2 is 2.06 bits per heavy atom. The molecule has 0 saturated heterocycles. The van der Waals surface area contributed by atoms with Gasteiger partial charge >= 0.3 is 0 Å². The molecule has 0 radical (unpaired) electrons. The van der Waals surface area contributed by atoms with Gasteiger partial charge in [-0.05, 0) is 46.6 Å². The molecule has 1 atom stereocenters. The Hall–Kier alpha value is -1.26. The predicted octanol–water partition coefficient (Wildman–Crippen LogP) is 3.46. The number of aryl methyl sites for hydroxylation is 1. The van der Waals surface area contributed by atoms with E-state index in [-0.39, 0.29) is 6.61 Å². The molecule has 0 bridgehead atoms. The van der Waals surface area contributed by atoms with Gasteiger partial charge in [0.05, 0.1) is 0 Å². The van der Waals surface area contributed by atoms with Gasteiger partial charge in [-0.3, -0.25) is 0 Å². The van der Waals surface area contributed by atoms with Crippen LogP contribution in [0.3, 0.4) is 0 Å². The normalized spacial score (nSPS) is 12.4. The first-order valence-electron chi connectivity index (χ1n) is 5.28. The molecule has 0 fully saturated rings. The maximum absolute atomic E-state index is 9.85. The molecule has 0 amide bonds. The first-order valence-corrected chi connectivity index (χ1v) is 6.08. The summed E-state index contributed by atoms with van der Waals surface area (Å²) >= 11 is 3.19. The summed E-state index contributed by atoms with van der Waals surface area (Å²) in [6, 6.07) is 11.1. The van der Waals surface area contributed by atoms with Crippen LogP contribution in [-0.4, -0.2) is 11.7 Å². The van der Waals surface area contributed by atoms with Gasteiger partial charge in [0.25, 0.3) is 0 Å². The van der Waals surface area contributed by atoms with E-state index in [1.54, 1.807) is 12.1 Å². The number of furan rings is 1. The van der Waals surface area contributed by atoms with Gasteiger partial charge in [0.15, 0.2) is 4.67 Å². The molecular weight excluding hydrogens is 284 g/mol. The van der Waals surface area contributed by atoms with Crippen molar-refractivity contribution in [2.24, 2.45) is 0 Å². The van der Waals surface area contributed by atoms with E-state index in [0.717, 1.165) is 11.3 Å². The van der Waals surface area contributed by atoms with E-state index in [9.17, 15) is 5.11 Å². The molecule has 0 spiro atoms. The lowest BCUT2D eigenvalue weighted by molar-refractivity contribution is 0.0877. The van der Waals surface area contributed by atoms with Gasteiger partial charge in [0, 0.05) is 0 Å². The van der Waals surface area contributed by atoms with Crippen LogP contribution >= 0.6 is 15.9 Å². The number of hydrogen-bond donors (Lipinski definition) is 1. The topological polar surface area (TPSA) is 42.6 Å². The zero-order chi connectivity index (χ0) is 12.3. The van der Waals surface area contributed by atoms with E-state index in [2.05, 4.69) is 15.9 Å². The SMILES string of the molecule is Cc1ccccc1OCC(O)c1ccc(Br)o1. The Morgan fingerprint density at radius 1 is 1.29 bits per heavy atom. The van der Waals surface area contributed by atoms with Gasteiger partial charge in [0.1, 0.15) is 24.2 Å². The van der Waals surface area contributed by atoms with Crippen LogP contribution in [0.15, 0.2) is 45.5 Å². The molecule has 1 aromatic heterocycles. The Labute approximate surface area is 108 Å². The summed E-state index contributed by atoms with van der Waals surface area (Å²) in [4.78, 5) is 0. The van der Waals surface area contributed by atoms with Crippen molar-refractivity contribution >= 4 is 15.9 Å². The number of para-hydroxylation sites is 1. The van der Waals surface area contributed by atoms with Crippen LogP contribution in [0.1, 0.15) is 17.4 Å². The summed E-state index contributed by atoms with van der Waals surface area (Å²) in [7, 11) is 0. The fourth-order valence-electron chi connectivity index (χ4n) is 1.48. The molecule has 0 aliphatic heterocycles. The Balaban J connectivity index is 1.97. The molecule has 1 heterocycles. The minimum absolute atomic E-state index is 0.171. The minimum Gasteiger partial charge on any atom is -0.490 e. The molecule has 17 heavy (non-hydrogen) atoms. The van der Waals surface area contributed by atoms with Crippen molar-refractivity contribution in [3.63, 3.8) is 0 Å². The summed E-state index contributed by atoms with van der Waals surface area (Å²) in [5.41, 5.74) is 1.04. The monoisotopic (exact) mass is 296 g/mol. The van der Waals surface area contributed by atoms with Crippen molar-refractivity contribution in [1.82, 2.24) is 0 Å². The summed E-state index contributed by atoms with van der Waals surface area (Å²) in [5.74, 6) is 1.27. The number of halogens is 1. The van der Waals surface area contributed by atoms with Crippen molar-refractivity contribution < 1.29 is 14.3 Å². The Bertz CT molecular complexity index is 493. The lowest BCUT2D eigenvalue weighted by Crippen LogP contribution is -2.09. The van der Waals surface area contributed by atoms with E-state index in [1.165, 1.54) is 0 Å². The molecular formula is C13H13BrO3. The zero-order valence-corrected chi connectivity index (χ0v) is 11.0. The molecule has 4 heteroatoms.